The van der Waals surface area contributed by atoms with Crippen molar-refractivity contribution >= 4 is 33.0 Å². The summed E-state index contributed by atoms with van der Waals surface area (Å²) in [6.45, 7) is 8.58. The Kier molecular flexibility index (Phi) is 7.97. The minimum absolute atomic E-state index is 0.215. The van der Waals surface area contributed by atoms with Crippen LogP contribution < -0.4 is 19.8 Å². The van der Waals surface area contributed by atoms with Crippen molar-refractivity contribution in [2.45, 2.75) is 33.6 Å². The molecule has 4 aromatic rings. The second-order valence-electron chi connectivity index (χ2n) is 8.84. The number of methoxy groups -OCH3 is 2. The number of aryl methyl sites for hydroxylation is 1. The number of rotatable bonds is 8. The molecule has 0 unspecified atom stereocenters. The lowest BCUT2D eigenvalue weighted by Gasteiger charge is -2.17. The molecule has 1 heterocycles. The molecule has 1 aromatic heterocycles. The molecule has 0 N–H and O–H groups in total. The van der Waals surface area contributed by atoms with Crippen LogP contribution in [-0.4, -0.2) is 36.7 Å². The second kappa shape index (κ2) is 11.2. The molecule has 8 heteroatoms. The number of fused-ring (bicyclic) bond motifs is 1. The fourth-order valence-corrected chi connectivity index (χ4v) is 4.84. The lowest BCUT2D eigenvalue weighted by molar-refractivity contribution is 0.310. The average Bonchev–Trinajstić information content (AvgIpc) is 2.88. The molecule has 0 radical (unpaired) electrons. The zero-order chi connectivity index (χ0) is 26.7. The largest absolute Gasteiger partial charge is 0.496 e. The molecule has 37 heavy (non-hydrogen) atoms. The SMILES string of the molecule is CCOc1cc(C=Nn2c(-c3cc(C(C)C)c(OC)cc3C)nc3ccccc3c2=O)cc(Br)c1OC. The molecule has 3 aromatic carbocycles. The first kappa shape index (κ1) is 26.4. The van der Waals surface area contributed by atoms with Gasteiger partial charge in [-0.15, -0.1) is 0 Å². The molecule has 0 atom stereocenters. The first-order valence-electron chi connectivity index (χ1n) is 12.0. The molecule has 0 spiro atoms. The molecule has 0 aliphatic carbocycles. The standard InChI is InChI=1S/C29H30BrN3O4/c1-7-37-26-14-19(13-23(30)27(26)36-6)16-31-33-28(32-24-11-9-8-10-20(24)29(33)34)22-15-21(17(2)3)25(35-5)12-18(22)4/h8-17H,7H2,1-6H3. The highest BCUT2D eigenvalue weighted by molar-refractivity contribution is 9.10. The molecule has 192 valence electrons. The van der Waals surface area contributed by atoms with E-state index in [0.717, 1.165) is 32.5 Å². The van der Waals surface area contributed by atoms with Gasteiger partial charge in [0, 0.05) is 5.56 Å². The van der Waals surface area contributed by atoms with E-state index < -0.39 is 0 Å². The van der Waals surface area contributed by atoms with Crippen molar-refractivity contribution in [3.05, 3.63) is 80.0 Å². The van der Waals surface area contributed by atoms with Crippen molar-refractivity contribution in [2.75, 3.05) is 20.8 Å². The maximum Gasteiger partial charge on any atom is 0.282 e. The Balaban J connectivity index is 1.95. The molecule has 0 aliphatic rings. The van der Waals surface area contributed by atoms with E-state index in [1.165, 1.54) is 4.68 Å². The average molecular weight is 564 g/mol. The number of nitrogens with zero attached hydrogens (tertiary/aromatic N) is 3. The molecule has 0 amide bonds. The van der Waals surface area contributed by atoms with Crippen molar-refractivity contribution in [2.24, 2.45) is 5.10 Å². The van der Waals surface area contributed by atoms with Gasteiger partial charge in [-0.25, -0.2) is 4.98 Å². The lowest BCUT2D eigenvalue weighted by atomic mass is 9.96. The summed E-state index contributed by atoms with van der Waals surface area (Å²) >= 11 is 3.54. The van der Waals surface area contributed by atoms with Gasteiger partial charge in [0.1, 0.15) is 5.75 Å². The van der Waals surface area contributed by atoms with Crippen LogP contribution in [0.4, 0.5) is 0 Å². The van der Waals surface area contributed by atoms with Crippen LogP contribution in [0.5, 0.6) is 17.2 Å². The van der Waals surface area contributed by atoms with Crippen molar-refractivity contribution in [3.63, 3.8) is 0 Å². The summed E-state index contributed by atoms with van der Waals surface area (Å²) in [6.07, 6.45) is 1.62. The van der Waals surface area contributed by atoms with Crippen LogP contribution in [0.15, 0.2) is 62.9 Å². The topological polar surface area (TPSA) is 74.9 Å². The zero-order valence-electron chi connectivity index (χ0n) is 21.8. The minimum atomic E-state index is -0.254. The Morgan fingerprint density at radius 2 is 1.84 bits per heavy atom. The highest BCUT2D eigenvalue weighted by Gasteiger charge is 2.18. The van der Waals surface area contributed by atoms with E-state index in [-0.39, 0.29) is 11.5 Å². The number of halogens is 1. The number of para-hydroxylation sites is 1. The van der Waals surface area contributed by atoms with Gasteiger partial charge in [0.15, 0.2) is 17.3 Å². The molecule has 0 aliphatic heterocycles. The molecule has 0 saturated heterocycles. The van der Waals surface area contributed by atoms with Crippen LogP contribution in [0.1, 0.15) is 43.4 Å². The highest BCUT2D eigenvalue weighted by atomic mass is 79.9. The van der Waals surface area contributed by atoms with Crippen LogP contribution in [0, 0.1) is 6.92 Å². The predicted octanol–water partition coefficient (Wildman–Crippen LogP) is 6.56. The Labute approximate surface area is 224 Å². The van der Waals surface area contributed by atoms with Crippen LogP contribution in [0.25, 0.3) is 22.3 Å². The molecule has 4 rings (SSSR count). The summed E-state index contributed by atoms with van der Waals surface area (Å²) in [5, 5.41) is 5.12. The maximum atomic E-state index is 13.7. The van der Waals surface area contributed by atoms with E-state index in [1.807, 2.05) is 56.3 Å². The summed E-state index contributed by atoms with van der Waals surface area (Å²) in [5.41, 5.74) is 3.86. The zero-order valence-corrected chi connectivity index (χ0v) is 23.4. The van der Waals surface area contributed by atoms with Gasteiger partial charge < -0.3 is 14.2 Å². The Morgan fingerprint density at radius 3 is 2.51 bits per heavy atom. The van der Waals surface area contributed by atoms with E-state index in [0.29, 0.717) is 34.8 Å². The number of aromatic nitrogens is 2. The highest BCUT2D eigenvalue weighted by Crippen LogP contribution is 2.37. The smallest absolute Gasteiger partial charge is 0.282 e. The monoisotopic (exact) mass is 563 g/mol. The molecule has 0 bridgehead atoms. The number of hydrogen-bond donors (Lipinski definition) is 0. The second-order valence-corrected chi connectivity index (χ2v) is 9.70. The third-order valence-electron chi connectivity index (χ3n) is 6.05. The fraction of sp³-hybridized carbons (Fsp3) is 0.276. The third kappa shape index (κ3) is 5.25. The minimum Gasteiger partial charge on any atom is -0.496 e. The van der Waals surface area contributed by atoms with Gasteiger partial charge in [0.25, 0.3) is 5.56 Å². The molecular formula is C29H30BrN3O4. The van der Waals surface area contributed by atoms with Gasteiger partial charge in [-0.3, -0.25) is 4.79 Å². The summed E-state index contributed by atoms with van der Waals surface area (Å²) in [5.74, 6) is 2.66. The number of hydrogen-bond acceptors (Lipinski definition) is 6. The lowest BCUT2D eigenvalue weighted by Crippen LogP contribution is -2.20. The van der Waals surface area contributed by atoms with Crippen LogP contribution in [-0.2, 0) is 0 Å². The van der Waals surface area contributed by atoms with E-state index in [4.69, 9.17) is 19.2 Å². The van der Waals surface area contributed by atoms with Crippen molar-refractivity contribution < 1.29 is 14.2 Å². The quantitative estimate of drug-likeness (QED) is 0.227. The Morgan fingerprint density at radius 1 is 1.08 bits per heavy atom. The van der Waals surface area contributed by atoms with Crippen molar-refractivity contribution in [1.82, 2.24) is 9.66 Å². The molecule has 0 saturated carbocycles. The van der Waals surface area contributed by atoms with Crippen molar-refractivity contribution in [1.29, 1.82) is 0 Å². The van der Waals surface area contributed by atoms with Gasteiger partial charge in [0.05, 0.1) is 42.4 Å². The maximum absolute atomic E-state index is 13.7. The normalized spacial score (nSPS) is 11.5. The first-order chi connectivity index (χ1) is 17.8. The molecule has 7 nitrogen and oxygen atoms in total. The Bertz CT molecular complexity index is 1540. The van der Waals surface area contributed by atoms with E-state index in [9.17, 15) is 4.79 Å². The van der Waals surface area contributed by atoms with Crippen molar-refractivity contribution in [3.8, 4) is 28.6 Å². The van der Waals surface area contributed by atoms with E-state index >= 15 is 0 Å². The van der Waals surface area contributed by atoms with E-state index in [1.54, 1.807) is 26.5 Å². The summed E-state index contributed by atoms with van der Waals surface area (Å²) in [6, 6.07) is 15.0. The third-order valence-corrected chi connectivity index (χ3v) is 6.64. The first-order valence-corrected chi connectivity index (χ1v) is 12.8. The fourth-order valence-electron chi connectivity index (χ4n) is 4.22. The van der Waals surface area contributed by atoms with Gasteiger partial charge in [-0.05, 0) is 88.8 Å². The molecule has 0 fully saturated rings. The van der Waals surface area contributed by atoms with Gasteiger partial charge >= 0.3 is 0 Å². The van der Waals surface area contributed by atoms with E-state index in [2.05, 4.69) is 34.9 Å². The number of ether oxygens (including phenoxy) is 3. The summed E-state index contributed by atoms with van der Waals surface area (Å²) in [7, 11) is 3.25. The van der Waals surface area contributed by atoms with Crippen LogP contribution in [0.3, 0.4) is 0 Å². The van der Waals surface area contributed by atoms with Gasteiger partial charge in [0.2, 0.25) is 0 Å². The number of benzene rings is 3. The van der Waals surface area contributed by atoms with Gasteiger partial charge in [-0.1, -0.05) is 26.0 Å². The van der Waals surface area contributed by atoms with Crippen LogP contribution in [0.2, 0.25) is 0 Å². The van der Waals surface area contributed by atoms with Crippen LogP contribution >= 0.6 is 15.9 Å². The molecular weight excluding hydrogens is 534 g/mol. The Hall–Kier alpha value is -3.65. The van der Waals surface area contributed by atoms with Gasteiger partial charge in [-0.2, -0.15) is 9.78 Å². The predicted molar refractivity (Wildman–Crippen MR) is 152 cm³/mol. The summed E-state index contributed by atoms with van der Waals surface area (Å²) < 4.78 is 18.9. The summed E-state index contributed by atoms with van der Waals surface area (Å²) in [4.78, 5) is 18.5.